The highest BCUT2D eigenvalue weighted by Gasteiger charge is 2.13. The SMILES string of the molecule is Cc1ccc(N(C)C(=O)c2ccc3[nH]ccc3c2)cc1. The van der Waals surface area contributed by atoms with Crippen LogP contribution in [-0.2, 0) is 0 Å². The Morgan fingerprint density at radius 1 is 1.05 bits per heavy atom. The van der Waals surface area contributed by atoms with E-state index >= 15 is 0 Å². The second-order valence-corrected chi connectivity index (χ2v) is 4.98. The molecule has 3 nitrogen and oxygen atoms in total. The normalized spacial score (nSPS) is 10.7. The van der Waals surface area contributed by atoms with E-state index < -0.39 is 0 Å². The van der Waals surface area contributed by atoms with Crippen LogP contribution >= 0.6 is 0 Å². The van der Waals surface area contributed by atoms with Gasteiger partial charge in [0.05, 0.1) is 0 Å². The highest BCUT2D eigenvalue weighted by atomic mass is 16.2. The summed E-state index contributed by atoms with van der Waals surface area (Å²) in [7, 11) is 1.80. The largest absolute Gasteiger partial charge is 0.361 e. The highest BCUT2D eigenvalue weighted by molar-refractivity contribution is 6.07. The summed E-state index contributed by atoms with van der Waals surface area (Å²) in [6, 6.07) is 15.6. The van der Waals surface area contributed by atoms with Gasteiger partial charge in [0.15, 0.2) is 0 Å². The van der Waals surface area contributed by atoms with Crippen molar-refractivity contribution < 1.29 is 4.79 Å². The summed E-state index contributed by atoms with van der Waals surface area (Å²) in [4.78, 5) is 17.3. The number of fused-ring (bicyclic) bond motifs is 1. The van der Waals surface area contributed by atoms with Crippen LogP contribution in [0.3, 0.4) is 0 Å². The molecule has 20 heavy (non-hydrogen) atoms. The van der Waals surface area contributed by atoms with Crippen LogP contribution in [-0.4, -0.2) is 17.9 Å². The molecule has 0 saturated carbocycles. The predicted molar refractivity (Wildman–Crippen MR) is 82.2 cm³/mol. The smallest absolute Gasteiger partial charge is 0.258 e. The average molecular weight is 264 g/mol. The second-order valence-electron chi connectivity index (χ2n) is 4.98. The van der Waals surface area contributed by atoms with Crippen molar-refractivity contribution in [2.24, 2.45) is 0 Å². The number of aromatic amines is 1. The molecule has 1 aromatic heterocycles. The van der Waals surface area contributed by atoms with Gasteiger partial charge in [-0.15, -0.1) is 0 Å². The summed E-state index contributed by atoms with van der Waals surface area (Å²) in [5.41, 5.74) is 3.82. The maximum Gasteiger partial charge on any atom is 0.258 e. The fourth-order valence-electron chi connectivity index (χ4n) is 2.27. The first kappa shape index (κ1) is 12.5. The summed E-state index contributed by atoms with van der Waals surface area (Å²) >= 11 is 0. The second kappa shape index (κ2) is 4.85. The molecule has 1 heterocycles. The van der Waals surface area contributed by atoms with Crippen molar-refractivity contribution in [1.82, 2.24) is 4.98 Å². The van der Waals surface area contributed by atoms with Crippen LogP contribution in [0.25, 0.3) is 10.9 Å². The van der Waals surface area contributed by atoms with Crippen molar-refractivity contribution in [2.45, 2.75) is 6.92 Å². The summed E-state index contributed by atoms with van der Waals surface area (Å²) < 4.78 is 0. The van der Waals surface area contributed by atoms with E-state index in [0.717, 1.165) is 16.6 Å². The number of anilines is 1. The Morgan fingerprint density at radius 2 is 1.80 bits per heavy atom. The first-order chi connectivity index (χ1) is 9.65. The standard InChI is InChI=1S/C17H16N2O/c1-12-3-6-15(7-4-12)19(2)17(20)14-5-8-16-13(11-14)9-10-18-16/h3-11,18H,1-2H3. The number of carbonyl (C=O) groups excluding carboxylic acids is 1. The van der Waals surface area contributed by atoms with Gasteiger partial charge >= 0.3 is 0 Å². The molecule has 1 amide bonds. The maximum atomic E-state index is 12.5. The summed E-state index contributed by atoms with van der Waals surface area (Å²) in [5.74, 6) is -0.00282. The fourth-order valence-corrected chi connectivity index (χ4v) is 2.27. The van der Waals surface area contributed by atoms with Gasteiger partial charge in [0.2, 0.25) is 0 Å². The molecule has 0 spiro atoms. The molecule has 0 aliphatic rings. The predicted octanol–water partition coefficient (Wildman–Crippen LogP) is 3.75. The number of benzene rings is 2. The molecular formula is C17H16N2O. The van der Waals surface area contributed by atoms with Crippen molar-refractivity contribution in [1.29, 1.82) is 0 Å². The van der Waals surface area contributed by atoms with Crippen LogP contribution in [0.1, 0.15) is 15.9 Å². The van der Waals surface area contributed by atoms with E-state index in [1.165, 1.54) is 5.56 Å². The lowest BCUT2D eigenvalue weighted by Crippen LogP contribution is -2.26. The number of amides is 1. The number of aromatic nitrogens is 1. The lowest BCUT2D eigenvalue weighted by molar-refractivity contribution is 0.0993. The number of nitrogens with one attached hydrogen (secondary N) is 1. The molecular weight excluding hydrogens is 248 g/mol. The molecule has 2 aromatic carbocycles. The van der Waals surface area contributed by atoms with Crippen molar-refractivity contribution in [2.75, 3.05) is 11.9 Å². The topological polar surface area (TPSA) is 36.1 Å². The molecule has 3 heteroatoms. The van der Waals surface area contributed by atoms with E-state index in [9.17, 15) is 4.79 Å². The van der Waals surface area contributed by atoms with Crippen LogP contribution in [0.4, 0.5) is 5.69 Å². The Kier molecular flexibility index (Phi) is 3.03. The van der Waals surface area contributed by atoms with E-state index in [1.807, 2.05) is 61.7 Å². The molecule has 0 radical (unpaired) electrons. The Balaban J connectivity index is 1.92. The van der Waals surface area contributed by atoms with Crippen LogP contribution in [0, 0.1) is 6.92 Å². The zero-order chi connectivity index (χ0) is 14.1. The number of carbonyl (C=O) groups is 1. The third kappa shape index (κ3) is 2.18. The molecule has 0 atom stereocenters. The number of nitrogens with zero attached hydrogens (tertiary/aromatic N) is 1. The number of rotatable bonds is 2. The first-order valence-corrected chi connectivity index (χ1v) is 6.57. The number of hydrogen-bond acceptors (Lipinski definition) is 1. The molecule has 0 aliphatic heterocycles. The molecule has 100 valence electrons. The van der Waals surface area contributed by atoms with Crippen LogP contribution in [0.2, 0.25) is 0 Å². The Morgan fingerprint density at radius 3 is 2.55 bits per heavy atom. The van der Waals surface area contributed by atoms with Gasteiger partial charge in [-0.1, -0.05) is 17.7 Å². The molecule has 3 rings (SSSR count). The van der Waals surface area contributed by atoms with Gasteiger partial charge in [0, 0.05) is 35.4 Å². The Labute approximate surface area is 117 Å². The Bertz CT molecular complexity index is 756. The molecule has 0 saturated heterocycles. The number of hydrogen-bond donors (Lipinski definition) is 1. The minimum Gasteiger partial charge on any atom is -0.361 e. The zero-order valence-corrected chi connectivity index (χ0v) is 11.6. The minimum atomic E-state index is -0.00282. The van der Waals surface area contributed by atoms with Crippen LogP contribution in [0.5, 0.6) is 0 Å². The van der Waals surface area contributed by atoms with Crippen molar-refractivity contribution >= 4 is 22.5 Å². The molecule has 0 aliphatic carbocycles. The van der Waals surface area contributed by atoms with Crippen molar-refractivity contribution in [3.05, 3.63) is 65.9 Å². The number of H-pyrrole nitrogens is 1. The fraction of sp³-hybridized carbons (Fsp3) is 0.118. The van der Waals surface area contributed by atoms with Gasteiger partial charge in [-0.2, -0.15) is 0 Å². The van der Waals surface area contributed by atoms with Gasteiger partial charge in [0.1, 0.15) is 0 Å². The third-order valence-corrected chi connectivity index (χ3v) is 3.53. The van der Waals surface area contributed by atoms with Crippen molar-refractivity contribution in [3.8, 4) is 0 Å². The molecule has 3 aromatic rings. The summed E-state index contributed by atoms with van der Waals surface area (Å²) in [6.45, 7) is 2.03. The van der Waals surface area contributed by atoms with E-state index in [2.05, 4.69) is 4.98 Å². The van der Waals surface area contributed by atoms with E-state index in [1.54, 1.807) is 11.9 Å². The molecule has 1 N–H and O–H groups in total. The quantitative estimate of drug-likeness (QED) is 0.751. The third-order valence-electron chi connectivity index (χ3n) is 3.53. The molecule has 0 unspecified atom stereocenters. The van der Waals surface area contributed by atoms with Crippen LogP contribution < -0.4 is 4.90 Å². The monoisotopic (exact) mass is 264 g/mol. The van der Waals surface area contributed by atoms with Gasteiger partial charge in [-0.3, -0.25) is 4.79 Å². The summed E-state index contributed by atoms with van der Waals surface area (Å²) in [6.07, 6.45) is 1.88. The van der Waals surface area contributed by atoms with E-state index in [-0.39, 0.29) is 5.91 Å². The molecule has 0 fully saturated rings. The van der Waals surface area contributed by atoms with E-state index in [4.69, 9.17) is 0 Å². The average Bonchev–Trinajstić information content (AvgIpc) is 2.94. The van der Waals surface area contributed by atoms with Crippen LogP contribution in [0.15, 0.2) is 54.7 Å². The first-order valence-electron chi connectivity index (χ1n) is 6.57. The maximum absolute atomic E-state index is 12.5. The zero-order valence-electron chi connectivity index (χ0n) is 11.6. The van der Waals surface area contributed by atoms with Gasteiger partial charge in [-0.25, -0.2) is 0 Å². The van der Waals surface area contributed by atoms with Crippen molar-refractivity contribution in [3.63, 3.8) is 0 Å². The number of aryl methyl sites for hydroxylation is 1. The Hall–Kier alpha value is -2.55. The van der Waals surface area contributed by atoms with Gasteiger partial charge in [0.25, 0.3) is 5.91 Å². The lowest BCUT2D eigenvalue weighted by Gasteiger charge is -2.17. The van der Waals surface area contributed by atoms with Gasteiger partial charge in [-0.05, 0) is 43.3 Å². The molecule has 0 bridgehead atoms. The lowest BCUT2D eigenvalue weighted by atomic mass is 10.1. The highest BCUT2D eigenvalue weighted by Crippen LogP contribution is 2.19. The van der Waals surface area contributed by atoms with Gasteiger partial charge < -0.3 is 9.88 Å². The minimum absolute atomic E-state index is 0.00282. The van der Waals surface area contributed by atoms with E-state index in [0.29, 0.717) is 5.56 Å². The summed E-state index contributed by atoms with van der Waals surface area (Å²) in [5, 5.41) is 1.05.